The third kappa shape index (κ3) is 21.6. The Morgan fingerprint density at radius 2 is 0.953 bits per heavy atom. The highest BCUT2D eigenvalue weighted by Crippen LogP contribution is 2.48. The number of nitro groups is 2. The summed E-state index contributed by atoms with van der Waals surface area (Å²) in [6.45, 7) is 18.3. The highest BCUT2D eigenvalue weighted by atomic mass is 35.5. The molecule has 8 heterocycles. The molecule has 0 spiro atoms. The SMILES string of the molecule is CC1(C)CCC(CN2CCN(c3ccc(C(=O)NS(=O)(=O)c4cc5c(c([N+](=O)[O-])c4)C[C@@H](CC4CCCCC4)CO5)c(Oc4cnc5[nH]ccc5c4)c3)CC2)=C(c2ccc(Cl)cc2)C1.CC1(C)CCC(CN2CCN(c3ccc(C(=O)NS(=O)(=O)c4cc5c(c([N+](=O)[O-])c4)C[C@H](COC4CCCCC4)CO5)c(Oc4cnc5[nH]ccc5c4)c3)CC2)=C(c2ccc(Cl)cc2)C1. The Balaban J connectivity index is 0.000000181. The van der Waals surface area contributed by atoms with Crippen molar-refractivity contribution >= 4 is 111 Å². The Morgan fingerprint density at radius 1 is 0.527 bits per heavy atom. The number of amides is 2. The first-order chi connectivity index (χ1) is 62.0. The number of aromatic nitrogens is 4. The summed E-state index contributed by atoms with van der Waals surface area (Å²) in [5.74, 6) is -0.138. The van der Waals surface area contributed by atoms with E-state index in [4.69, 9.17) is 46.9 Å². The molecule has 2 saturated heterocycles. The number of benzene rings is 6. The zero-order chi connectivity index (χ0) is 89.9. The maximum absolute atomic E-state index is 14.1. The first-order valence-corrected chi connectivity index (χ1v) is 48.8. The second-order valence-corrected chi connectivity index (χ2v) is 41.7. The summed E-state index contributed by atoms with van der Waals surface area (Å²) in [6.07, 6.45) is 26.2. The number of nitrogens with one attached hydrogen (secondary N) is 4. The molecule has 8 aliphatic rings. The summed E-state index contributed by atoms with van der Waals surface area (Å²) in [7, 11) is -9.24. The van der Waals surface area contributed by atoms with Crippen LogP contribution in [-0.2, 0) is 37.6 Å². The number of rotatable bonds is 25. The van der Waals surface area contributed by atoms with Gasteiger partial charge in [-0.2, -0.15) is 0 Å². The summed E-state index contributed by atoms with van der Waals surface area (Å²) < 4.78 is 90.9. The van der Waals surface area contributed by atoms with Crippen LogP contribution in [0.4, 0.5) is 22.7 Å². The van der Waals surface area contributed by atoms with Gasteiger partial charge in [-0.15, -0.1) is 0 Å². The van der Waals surface area contributed by atoms with Crippen LogP contribution in [0.3, 0.4) is 0 Å². The Labute approximate surface area is 762 Å². The summed E-state index contributed by atoms with van der Waals surface area (Å²) in [5, 5.41) is 27.8. The molecule has 4 aliphatic carbocycles. The van der Waals surface area contributed by atoms with E-state index in [0.29, 0.717) is 65.9 Å². The lowest BCUT2D eigenvalue weighted by Gasteiger charge is -2.39. The predicted octanol–water partition coefficient (Wildman–Crippen LogP) is 20.1. The number of halogens is 2. The van der Waals surface area contributed by atoms with Gasteiger partial charge in [-0.05, 0) is 188 Å². The fraction of sp³-hybridized carbons (Fsp3) is 0.429. The number of hydrogen-bond acceptors (Lipinski definition) is 21. The van der Waals surface area contributed by atoms with E-state index in [0.717, 1.165) is 193 Å². The molecule has 4 fully saturated rings. The van der Waals surface area contributed by atoms with Crippen LogP contribution in [0.25, 0.3) is 33.2 Å². The van der Waals surface area contributed by atoms with Crippen molar-refractivity contribution in [2.45, 2.75) is 166 Å². The molecule has 4 aliphatic heterocycles. The lowest BCUT2D eigenvalue weighted by atomic mass is 9.72. The molecule has 129 heavy (non-hydrogen) atoms. The number of carbonyl (C=O) groups excluding carboxylic acids is 2. The quantitative estimate of drug-likeness (QED) is 0.0305. The number of fused-ring (bicyclic) bond motifs is 4. The Hall–Kier alpha value is -10.9. The third-order valence-corrected chi connectivity index (χ3v) is 30.0. The van der Waals surface area contributed by atoms with E-state index in [2.05, 4.69) is 101 Å². The highest BCUT2D eigenvalue weighted by Gasteiger charge is 2.39. The van der Waals surface area contributed by atoms with E-state index in [1.807, 2.05) is 36.4 Å². The van der Waals surface area contributed by atoms with Crippen LogP contribution in [0.1, 0.15) is 180 Å². The third-order valence-electron chi connectivity index (χ3n) is 26.9. The fourth-order valence-corrected chi connectivity index (χ4v) is 22.0. The van der Waals surface area contributed by atoms with Gasteiger partial charge in [0.15, 0.2) is 0 Å². The van der Waals surface area contributed by atoms with Gasteiger partial charge in [0.1, 0.15) is 45.8 Å². The zero-order valence-corrected chi connectivity index (χ0v) is 76.4. The number of carbonyl (C=O) groups is 2. The van der Waals surface area contributed by atoms with Crippen molar-refractivity contribution in [1.82, 2.24) is 39.2 Å². The van der Waals surface area contributed by atoms with E-state index in [1.54, 1.807) is 60.9 Å². The van der Waals surface area contributed by atoms with Crippen molar-refractivity contribution in [3.63, 3.8) is 0 Å². The number of aromatic amines is 2. The molecule has 2 saturated carbocycles. The van der Waals surface area contributed by atoms with E-state index in [1.165, 1.54) is 83.6 Å². The minimum atomic E-state index is -4.63. The summed E-state index contributed by atoms with van der Waals surface area (Å²) in [5.41, 5.74) is 11.5. The molecule has 31 heteroatoms. The molecule has 4 N–H and O–H groups in total. The minimum absolute atomic E-state index is 0.0312. The molecule has 678 valence electrons. The van der Waals surface area contributed by atoms with Gasteiger partial charge in [0, 0.05) is 152 Å². The summed E-state index contributed by atoms with van der Waals surface area (Å²) in [6, 6.07) is 38.4. The van der Waals surface area contributed by atoms with Gasteiger partial charge in [0.05, 0.1) is 80.2 Å². The predicted molar refractivity (Wildman–Crippen MR) is 499 cm³/mol. The maximum atomic E-state index is 14.1. The van der Waals surface area contributed by atoms with Gasteiger partial charge in [-0.3, -0.25) is 39.6 Å². The lowest BCUT2D eigenvalue weighted by Crippen LogP contribution is -2.47. The Bertz CT molecular complexity index is 6170. The van der Waals surface area contributed by atoms with Crippen LogP contribution in [0.2, 0.25) is 10.0 Å². The van der Waals surface area contributed by atoms with Crippen LogP contribution < -0.4 is 38.2 Å². The first kappa shape index (κ1) is 90.0. The zero-order valence-electron chi connectivity index (χ0n) is 73.2. The van der Waals surface area contributed by atoms with Crippen molar-refractivity contribution < 1.29 is 60.0 Å². The number of piperazine rings is 2. The lowest BCUT2D eigenvalue weighted by molar-refractivity contribution is -0.386. The molecule has 27 nitrogen and oxygen atoms in total. The number of anilines is 2. The average molecular weight is 1830 g/mol. The number of pyridine rings is 2. The van der Waals surface area contributed by atoms with Crippen molar-refractivity contribution in [2.75, 3.05) is 95.1 Å². The largest absolute Gasteiger partial charge is 0.493 e. The first-order valence-electron chi connectivity index (χ1n) is 45.1. The number of sulfonamides is 2. The number of nitro benzene ring substituents is 2. The van der Waals surface area contributed by atoms with Crippen molar-refractivity contribution in [2.24, 2.45) is 28.6 Å². The molecule has 10 aromatic rings. The van der Waals surface area contributed by atoms with E-state index in [9.17, 15) is 46.7 Å². The van der Waals surface area contributed by atoms with Crippen molar-refractivity contribution in [1.29, 1.82) is 0 Å². The number of ether oxygens (including phenoxy) is 5. The van der Waals surface area contributed by atoms with Gasteiger partial charge in [0.25, 0.3) is 43.2 Å². The number of hydrogen-bond donors (Lipinski definition) is 4. The molecule has 4 aromatic heterocycles. The van der Waals surface area contributed by atoms with E-state index < -0.39 is 51.5 Å². The molecule has 2 atom stereocenters. The van der Waals surface area contributed by atoms with Gasteiger partial charge in [-0.1, -0.05) is 138 Å². The molecule has 0 bridgehead atoms. The monoisotopic (exact) mass is 1830 g/mol. The number of allylic oxidation sites excluding steroid dienone is 2. The van der Waals surface area contributed by atoms with Crippen LogP contribution in [0, 0.1) is 48.8 Å². The van der Waals surface area contributed by atoms with E-state index >= 15 is 0 Å². The smallest absolute Gasteiger partial charge is 0.277 e. The van der Waals surface area contributed by atoms with Crippen LogP contribution in [0.5, 0.6) is 34.5 Å². The number of H-pyrrole nitrogens is 2. The second-order valence-electron chi connectivity index (χ2n) is 37.4. The fourth-order valence-electron chi connectivity index (χ4n) is 19.7. The number of nitrogens with zero attached hydrogens (tertiary/aromatic N) is 8. The van der Waals surface area contributed by atoms with Crippen LogP contribution in [0.15, 0.2) is 179 Å². The van der Waals surface area contributed by atoms with Gasteiger partial charge in [0.2, 0.25) is 0 Å². The molecule has 18 rings (SSSR count). The topological polar surface area (TPSA) is 329 Å². The van der Waals surface area contributed by atoms with Crippen molar-refractivity contribution in [3.05, 3.63) is 233 Å². The average Bonchev–Trinajstić information content (AvgIpc) is 1.20. The minimum Gasteiger partial charge on any atom is -0.493 e. The Morgan fingerprint density at radius 3 is 1.40 bits per heavy atom. The van der Waals surface area contributed by atoms with Crippen LogP contribution >= 0.6 is 23.2 Å². The van der Waals surface area contributed by atoms with Gasteiger partial charge in [-0.25, -0.2) is 36.2 Å². The standard InChI is InChI=1S/C49H55ClN6O8S.C49H55ClN6O7S/c1-49(2)16-14-35(43(27-49)33-8-10-36(50)11-9-33)29-54-18-20-55(21-19-54)37-12-13-41(46(24-37)64-39-23-34-15-17-51-47(34)52-28-39)48(57)53-65(60,61)40-25-44(56(58)59)42-22-32(31-63-45(42)26-40)30-62-38-6-4-3-5-7-38;1-49(2)16-14-36(43(28-49)34-8-10-37(50)11-9-34)30-54-18-20-55(21-19-54)38-12-13-41(46(25-38)63-39-24-35-15-17-51-47(35)52-29-39)48(57)53-64(60,61)40-26-44(56(58)59)42-23-33(31-62-45(42)27-40)22-32-6-4-3-5-7-32/h8-13,15,17,23-26,28,32,38H,3-7,14,16,18-22,27,29-31H2,1-2H3,(H,51,52)(H,53,57);8-13,15,17,24-27,29,32-33H,3-7,14,16,18-23,28,30-31H2,1-2H3,(H,51,52)(H,53,57)/t32-;33-/m11/s1. The van der Waals surface area contributed by atoms with E-state index in [-0.39, 0.29) is 80.9 Å². The molecular weight excluding hydrogens is 1720 g/mol. The molecular formula is C98H110Cl2N12O15S2. The second kappa shape index (κ2) is 38.6. The molecule has 6 aromatic carbocycles. The van der Waals surface area contributed by atoms with Crippen LogP contribution in [-0.4, -0.2) is 160 Å². The maximum Gasteiger partial charge on any atom is 0.277 e. The molecule has 0 radical (unpaired) electrons. The van der Waals surface area contributed by atoms with Crippen molar-refractivity contribution in [3.8, 4) is 34.5 Å². The summed E-state index contributed by atoms with van der Waals surface area (Å²) >= 11 is 12.5. The van der Waals surface area contributed by atoms with Gasteiger partial charge < -0.3 is 43.5 Å². The molecule has 2 amide bonds. The normalized spacial score (nSPS) is 19.5. The highest BCUT2D eigenvalue weighted by molar-refractivity contribution is 7.90. The molecule has 0 unspecified atom stereocenters. The van der Waals surface area contributed by atoms with Gasteiger partial charge >= 0.3 is 0 Å². The summed E-state index contributed by atoms with van der Waals surface area (Å²) in [4.78, 5) is 75.2. The Kier molecular flexibility index (Phi) is 27.0.